The summed E-state index contributed by atoms with van der Waals surface area (Å²) in [6.07, 6.45) is 0.627. The Labute approximate surface area is 140 Å². The average molecular weight is 331 g/mol. The zero-order chi connectivity index (χ0) is 17.0. The quantitative estimate of drug-likeness (QED) is 0.846. The average Bonchev–Trinajstić information content (AvgIpc) is 2.80. The molecule has 23 heavy (non-hydrogen) atoms. The van der Waals surface area contributed by atoms with Gasteiger partial charge in [0.1, 0.15) is 0 Å². The summed E-state index contributed by atoms with van der Waals surface area (Å²) in [4.78, 5) is 29.3. The van der Waals surface area contributed by atoms with Crippen molar-refractivity contribution in [2.24, 2.45) is 0 Å². The second kappa shape index (κ2) is 7.37. The third kappa shape index (κ3) is 4.63. The summed E-state index contributed by atoms with van der Waals surface area (Å²) in [6, 6.07) is 5.66. The first kappa shape index (κ1) is 17.1. The fourth-order valence-corrected chi connectivity index (χ4v) is 3.08. The van der Waals surface area contributed by atoms with Crippen molar-refractivity contribution in [1.29, 1.82) is 0 Å². The molecule has 0 aliphatic heterocycles. The number of carbonyl (C=O) groups is 2. The number of aromatic nitrogens is 1. The molecule has 5 nitrogen and oxygen atoms in total. The zero-order valence-corrected chi connectivity index (χ0v) is 14.6. The molecule has 0 aliphatic carbocycles. The molecule has 2 N–H and O–H groups in total. The number of thiazole rings is 1. The number of aryl methyl sites for hydroxylation is 4. The lowest BCUT2D eigenvalue weighted by Crippen LogP contribution is -2.36. The summed E-state index contributed by atoms with van der Waals surface area (Å²) in [5.74, 6) is -1.28. The van der Waals surface area contributed by atoms with Crippen LogP contribution in [0.2, 0.25) is 0 Å². The van der Waals surface area contributed by atoms with Crippen LogP contribution in [0.5, 0.6) is 0 Å². The number of amides is 2. The van der Waals surface area contributed by atoms with Crippen LogP contribution in [0, 0.1) is 27.7 Å². The van der Waals surface area contributed by atoms with Crippen LogP contribution in [0.4, 0.5) is 5.69 Å². The molecule has 6 heteroatoms. The summed E-state index contributed by atoms with van der Waals surface area (Å²) < 4.78 is 0. The molecule has 1 aromatic carbocycles. The molecule has 0 atom stereocenters. The Hall–Kier alpha value is -2.21. The highest BCUT2D eigenvalue weighted by atomic mass is 32.1. The van der Waals surface area contributed by atoms with Crippen LogP contribution in [0.25, 0.3) is 0 Å². The van der Waals surface area contributed by atoms with Gasteiger partial charge in [-0.25, -0.2) is 4.98 Å². The minimum atomic E-state index is -0.650. The second-order valence-corrected chi connectivity index (χ2v) is 6.82. The molecule has 2 aromatic rings. The van der Waals surface area contributed by atoms with Crippen molar-refractivity contribution in [1.82, 2.24) is 10.3 Å². The van der Waals surface area contributed by atoms with E-state index in [4.69, 9.17) is 0 Å². The van der Waals surface area contributed by atoms with Crippen LogP contribution < -0.4 is 10.6 Å². The van der Waals surface area contributed by atoms with Gasteiger partial charge in [-0.2, -0.15) is 0 Å². The first-order valence-electron chi connectivity index (χ1n) is 7.46. The Bertz CT molecular complexity index is 718. The van der Waals surface area contributed by atoms with Crippen LogP contribution >= 0.6 is 11.3 Å². The van der Waals surface area contributed by atoms with Gasteiger partial charge in [0.25, 0.3) is 0 Å². The van der Waals surface area contributed by atoms with E-state index in [-0.39, 0.29) is 0 Å². The molecule has 122 valence electrons. The predicted molar refractivity (Wildman–Crippen MR) is 92.8 cm³/mol. The van der Waals surface area contributed by atoms with E-state index in [0.717, 1.165) is 21.8 Å². The van der Waals surface area contributed by atoms with E-state index in [1.807, 2.05) is 39.8 Å². The summed E-state index contributed by atoms with van der Waals surface area (Å²) in [6.45, 7) is 8.25. The van der Waals surface area contributed by atoms with Gasteiger partial charge in [0, 0.05) is 23.5 Å². The molecule has 0 saturated carbocycles. The Balaban J connectivity index is 1.84. The lowest BCUT2D eigenvalue weighted by Gasteiger charge is -2.09. The smallest absolute Gasteiger partial charge is 0.313 e. The van der Waals surface area contributed by atoms with Gasteiger partial charge >= 0.3 is 11.8 Å². The lowest BCUT2D eigenvalue weighted by molar-refractivity contribution is -0.136. The van der Waals surface area contributed by atoms with Gasteiger partial charge in [0.15, 0.2) is 0 Å². The minimum Gasteiger partial charge on any atom is -0.347 e. The number of benzene rings is 1. The number of hydrogen-bond donors (Lipinski definition) is 2. The molecule has 0 aliphatic rings. The summed E-state index contributed by atoms with van der Waals surface area (Å²) >= 11 is 1.62. The summed E-state index contributed by atoms with van der Waals surface area (Å²) in [5.41, 5.74) is 3.71. The number of nitrogens with zero attached hydrogens (tertiary/aromatic N) is 1. The van der Waals surface area contributed by atoms with Crippen molar-refractivity contribution in [3.05, 3.63) is 44.9 Å². The normalized spacial score (nSPS) is 10.4. The van der Waals surface area contributed by atoms with Gasteiger partial charge in [-0.1, -0.05) is 17.7 Å². The maximum atomic E-state index is 11.9. The van der Waals surface area contributed by atoms with E-state index >= 15 is 0 Å². The summed E-state index contributed by atoms with van der Waals surface area (Å²) in [5, 5.41) is 6.23. The largest absolute Gasteiger partial charge is 0.347 e. The summed E-state index contributed by atoms with van der Waals surface area (Å²) in [7, 11) is 0. The molecule has 0 unspecified atom stereocenters. The molecule has 0 fully saturated rings. The van der Waals surface area contributed by atoms with Crippen molar-refractivity contribution in [2.45, 2.75) is 34.1 Å². The predicted octanol–water partition coefficient (Wildman–Crippen LogP) is 2.67. The number of rotatable bonds is 4. The number of hydrogen-bond acceptors (Lipinski definition) is 4. The van der Waals surface area contributed by atoms with Crippen molar-refractivity contribution in [3.63, 3.8) is 0 Å². The molecule has 0 saturated heterocycles. The zero-order valence-electron chi connectivity index (χ0n) is 13.8. The Morgan fingerprint density at radius 2 is 1.87 bits per heavy atom. The van der Waals surface area contributed by atoms with Crippen molar-refractivity contribution in [3.8, 4) is 0 Å². The third-order valence-corrected chi connectivity index (χ3v) is 4.67. The van der Waals surface area contributed by atoms with Gasteiger partial charge in [-0.3, -0.25) is 9.59 Å². The Morgan fingerprint density at radius 3 is 2.48 bits per heavy atom. The molecule has 1 aromatic heterocycles. The minimum absolute atomic E-state index is 0.394. The van der Waals surface area contributed by atoms with E-state index in [9.17, 15) is 9.59 Å². The standard InChI is InChI=1S/C17H21N3O2S/c1-10-5-6-14(11(2)9-10)20-17(22)16(21)18-8-7-15-19-12(3)13(4)23-15/h5-6,9H,7-8H2,1-4H3,(H,18,21)(H,20,22). The molecule has 0 radical (unpaired) electrons. The van der Waals surface area contributed by atoms with Crippen LogP contribution in [-0.4, -0.2) is 23.3 Å². The maximum Gasteiger partial charge on any atom is 0.313 e. The highest BCUT2D eigenvalue weighted by Gasteiger charge is 2.14. The van der Waals surface area contributed by atoms with E-state index < -0.39 is 11.8 Å². The van der Waals surface area contributed by atoms with Crippen molar-refractivity contribution < 1.29 is 9.59 Å². The van der Waals surface area contributed by atoms with E-state index in [1.165, 1.54) is 4.88 Å². The fraction of sp³-hybridized carbons (Fsp3) is 0.353. The Kier molecular flexibility index (Phi) is 5.50. The van der Waals surface area contributed by atoms with Gasteiger partial charge in [-0.15, -0.1) is 11.3 Å². The van der Waals surface area contributed by atoms with Crippen LogP contribution in [-0.2, 0) is 16.0 Å². The van der Waals surface area contributed by atoms with Gasteiger partial charge in [0.2, 0.25) is 0 Å². The SMILES string of the molecule is Cc1ccc(NC(=O)C(=O)NCCc2nc(C)c(C)s2)c(C)c1. The van der Waals surface area contributed by atoms with E-state index in [0.29, 0.717) is 18.7 Å². The van der Waals surface area contributed by atoms with Crippen LogP contribution in [0.15, 0.2) is 18.2 Å². The first-order chi connectivity index (χ1) is 10.9. The van der Waals surface area contributed by atoms with Gasteiger partial charge in [-0.05, 0) is 39.3 Å². The Morgan fingerprint density at radius 1 is 1.13 bits per heavy atom. The molecule has 0 bridgehead atoms. The van der Waals surface area contributed by atoms with Gasteiger partial charge < -0.3 is 10.6 Å². The first-order valence-corrected chi connectivity index (χ1v) is 8.28. The number of carbonyl (C=O) groups excluding carboxylic acids is 2. The second-order valence-electron chi connectivity index (χ2n) is 5.53. The fourth-order valence-electron chi connectivity index (χ4n) is 2.14. The molecular weight excluding hydrogens is 310 g/mol. The highest BCUT2D eigenvalue weighted by molar-refractivity contribution is 7.11. The molecule has 1 heterocycles. The highest BCUT2D eigenvalue weighted by Crippen LogP contribution is 2.17. The van der Waals surface area contributed by atoms with Crippen molar-refractivity contribution >= 4 is 28.8 Å². The van der Waals surface area contributed by atoms with Crippen molar-refractivity contribution in [2.75, 3.05) is 11.9 Å². The molecule has 2 amide bonds. The molecule has 0 spiro atoms. The van der Waals surface area contributed by atoms with E-state index in [1.54, 1.807) is 17.4 Å². The monoisotopic (exact) mass is 331 g/mol. The topological polar surface area (TPSA) is 71.1 Å². The third-order valence-electron chi connectivity index (χ3n) is 3.53. The van der Waals surface area contributed by atoms with E-state index in [2.05, 4.69) is 15.6 Å². The molecular formula is C17H21N3O2S. The van der Waals surface area contributed by atoms with Crippen LogP contribution in [0.1, 0.15) is 26.7 Å². The maximum absolute atomic E-state index is 11.9. The molecule has 2 rings (SSSR count). The van der Waals surface area contributed by atoms with Gasteiger partial charge in [0.05, 0.1) is 10.7 Å². The number of nitrogens with one attached hydrogen (secondary N) is 2. The van der Waals surface area contributed by atoms with Crippen LogP contribution in [0.3, 0.4) is 0 Å². The lowest BCUT2D eigenvalue weighted by atomic mass is 10.1. The number of anilines is 1.